The predicted octanol–water partition coefficient (Wildman–Crippen LogP) is 4.54. The first-order valence-corrected chi connectivity index (χ1v) is 14.1. The lowest BCUT2D eigenvalue weighted by atomic mass is 9.41. The van der Waals surface area contributed by atoms with Crippen LogP contribution in [0.2, 0.25) is 0 Å². The molecule has 1 heterocycles. The Bertz CT molecular complexity index is 1230. The van der Waals surface area contributed by atoms with Crippen LogP contribution in [-0.2, 0) is 11.4 Å². The van der Waals surface area contributed by atoms with Crippen LogP contribution in [0.25, 0.3) is 0 Å². The molecule has 3 N–H and O–H groups in total. The number of hydrogen-bond acceptors (Lipinski definition) is 7. The molecule has 4 saturated carbocycles. The summed E-state index contributed by atoms with van der Waals surface area (Å²) >= 11 is 0. The molecule has 1 aromatic heterocycles. The lowest BCUT2D eigenvalue weighted by Crippen LogP contribution is -2.68. The van der Waals surface area contributed by atoms with E-state index in [0.29, 0.717) is 45.1 Å². The normalized spacial score (nSPS) is 42.3. The summed E-state index contributed by atoms with van der Waals surface area (Å²) in [4.78, 5) is 17.3. The van der Waals surface area contributed by atoms with Gasteiger partial charge >= 0.3 is 5.63 Å². The molecule has 6 rings (SSSR count). The Morgan fingerprint density at radius 1 is 1.00 bits per heavy atom. The van der Waals surface area contributed by atoms with E-state index in [9.17, 15) is 20.1 Å². The number of rotatable bonds is 5. The van der Waals surface area contributed by atoms with Gasteiger partial charge in [0.1, 0.15) is 6.61 Å². The van der Waals surface area contributed by atoms with E-state index in [2.05, 4.69) is 12.1 Å². The molecule has 0 radical (unpaired) electrons. The van der Waals surface area contributed by atoms with Crippen LogP contribution < -0.4 is 5.63 Å². The lowest BCUT2D eigenvalue weighted by molar-refractivity contribution is -0.236. The second kappa shape index (κ2) is 9.32. The van der Waals surface area contributed by atoms with Gasteiger partial charge in [0.15, 0.2) is 0 Å². The molecular formula is C31H39NO6. The molecule has 0 amide bonds. The average molecular weight is 522 g/mol. The first-order chi connectivity index (χ1) is 18.2. The topological polar surface area (TPSA) is 112 Å². The summed E-state index contributed by atoms with van der Waals surface area (Å²) in [6.07, 6.45) is 8.76. The molecule has 7 nitrogen and oxygen atoms in total. The molecule has 8 atom stereocenters. The zero-order valence-corrected chi connectivity index (χ0v) is 22.1. The first-order valence-electron chi connectivity index (χ1n) is 14.1. The highest BCUT2D eigenvalue weighted by molar-refractivity contribution is 5.69. The first kappa shape index (κ1) is 25.8. The highest BCUT2D eigenvalue weighted by atomic mass is 16.6. The van der Waals surface area contributed by atoms with E-state index < -0.39 is 22.7 Å². The third-order valence-corrected chi connectivity index (χ3v) is 11.1. The Morgan fingerprint density at radius 2 is 1.79 bits per heavy atom. The minimum Gasteiger partial charge on any atom is -0.431 e. The molecule has 8 unspecified atom stereocenters. The Kier molecular flexibility index (Phi) is 6.32. The SMILES string of the molecule is CC12CCC3C(CCC4(O)CC(O)CCC34C=NOCc3ccccc3)C1(O)CCC2c1ccc(=O)oc1. The molecular weight excluding hydrogens is 482 g/mol. The Balaban J connectivity index is 1.32. The zero-order valence-electron chi connectivity index (χ0n) is 22.1. The number of nitrogens with zero attached hydrogens (tertiary/aromatic N) is 1. The second-order valence-electron chi connectivity index (χ2n) is 12.6. The summed E-state index contributed by atoms with van der Waals surface area (Å²) in [6.45, 7) is 2.54. The fourth-order valence-electron chi connectivity index (χ4n) is 9.09. The van der Waals surface area contributed by atoms with Gasteiger partial charge in [-0.3, -0.25) is 0 Å². The summed E-state index contributed by atoms with van der Waals surface area (Å²) in [6, 6.07) is 13.2. The van der Waals surface area contributed by atoms with Crippen LogP contribution in [0, 0.1) is 22.7 Å². The van der Waals surface area contributed by atoms with Crippen molar-refractivity contribution in [1.82, 2.24) is 0 Å². The van der Waals surface area contributed by atoms with E-state index in [4.69, 9.17) is 9.25 Å². The summed E-state index contributed by atoms with van der Waals surface area (Å²) < 4.78 is 5.21. The molecule has 0 saturated heterocycles. The van der Waals surface area contributed by atoms with E-state index in [0.717, 1.165) is 30.4 Å². The maximum absolute atomic E-state index is 12.5. The van der Waals surface area contributed by atoms with Crippen molar-refractivity contribution in [2.75, 3.05) is 0 Å². The molecule has 0 bridgehead atoms. The molecule has 0 spiro atoms. The van der Waals surface area contributed by atoms with Gasteiger partial charge in [0.2, 0.25) is 0 Å². The van der Waals surface area contributed by atoms with Crippen molar-refractivity contribution >= 4 is 6.21 Å². The highest BCUT2D eigenvalue weighted by Crippen LogP contribution is 2.71. The summed E-state index contributed by atoms with van der Waals surface area (Å²) in [5.74, 6) is 0.132. The van der Waals surface area contributed by atoms with Gasteiger partial charge in [0, 0.05) is 23.3 Å². The van der Waals surface area contributed by atoms with E-state index >= 15 is 0 Å². The second-order valence-corrected chi connectivity index (χ2v) is 12.6. The van der Waals surface area contributed by atoms with Crippen molar-refractivity contribution in [1.29, 1.82) is 0 Å². The Hall–Kier alpha value is -2.48. The Labute approximate surface area is 223 Å². The van der Waals surface area contributed by atoms with Gasteiger partial charge in [-0.05, 0) is 86.3 Å². The van der Waals surface area contributed by atoms with E-state index in [1.807, 2.05) is 42.6 Å². The summed E-state index contributed by atoms with van der Waals surface area (Å²) in [7, 11) is 0. The van der Waals surface area contributed by atoms with Gasteiger partial charge in [-0.15, -0.1) is 0 Å². The van der Waals surface area contributed by atoms with Gasteiger partial charge in [-0.2, -0.15) is 0 Å². The lowest BCUT2D eigenvalue weighted by Gasteiger charge is -2.65. The highest BCUT2D eigenvalue weighted by Gasteiger charge is 2.71. The number of oxime groups is 1. The van der Waals surface area contributed by atoms with Gasteiger partial charge in [0.25, 0.3) is 0 Å². The Morgan fingerprint density at radius 3 is 2.55 bits per heavy atom. The van der Waals surface area contributed by atoms with Crippen molar-refractivity contribution < 1.29 is 24.6 Å². The molecule has 4 fully saturated rings. The van der Waals surface area contributed by atoms with Crippen LogP contribution in [0.1, 0.15) is 81.8 Å². The van der Waals surface area contributed by atoms with Crippen molar-refractivity contribution in [3.8, 4) is 0 Å². The number of hydrogen-bond donors (Lipinski definition) is 3. The third-order valence-electron chi connectivity index (χ3n) is 11.1. The summed E-state index contributed by atoms with van der Waals surface area (Å²) in [5.41, 5.74) is -1.39. The van der Waals surface area contributed by atoms with Gasteiger partial charge < -0.3 is 24.6 Å². The molecule has 1 aromatic carbocycles. The standard InChI is InChI=1S/C31H39NO6/c1-28-13-10-25-26(31(28,36)16-12-24(28)22-7-8-27(34)37-19-22)11-15-30(35)17-23(33)9-14-29(25,30)20-32-38-18-21-5-3-2-4-6-21/h2-8,19-20,23-26,33,35-36H,9-18H2,1H3. The van der Waals surface area contributed by atoms with Crippen molar-refractivity contribution in [3.63, 3.8) is 0 Å². The molecule has 7 heteroatoms. The van der Waals surface area contributed by atoms with Gasteiger partial charge in [-0.25, -0.2) is 4.79 Å². The maximum Gasteiger partial charge on any atom is 0.335 e. The van der Waals surface area contributed by atoms with E-state index in [-0.39, 0.29) is 28.8 Å². The summed E-state index contributed by atoms with van der Waals surface area (Å²) in [5, 5.41) is 39.6. The molecule has 38 heavy (non-hydrogen) atoms. The monoisotopic (exact) mass is 521 g/mol. The van der Waals surface area contributed by atoms with Gasteiger partial charge in [-0.1, -0.05) is 42.4 Å². The van der Waals surface area contributed by atoms with Crippen LogP contribution >= 0.6 is 0 Å². The van der Waals surface area contributed by atoms with Crippen LogP contribution in [0.4, 0.5) is 0 Å². The molecule has 0 aliphatic heterocycles. The predicted molar refractivity (Wildman–Crippen MR) is 142 cm³/mol. The van der Waals surface area contributed by atoms with Crippen molar-refractivity contribution in [2.24, 2.45) is 27.8 Å². The van der Waals surface area contributed by atoms with Crippen molar-refractivity contribution in [2.45, 2.75) is 94.5 Å². The minimum absolute atomic E-state index is 0.00179. The largest absolute Gasteiger partial charge is 0.431 e. The fraction of sp³-hybridized carbons (Fsp3) is 0.613. The molecule has 204 valence electrons. The molecule has 2 aromatic rings. The zero-order chi connectivity index (χ0) is 26.6. The third kappa shape index (κ3) is 3.81. The minimum atomic E-state index is -1.09. The van der Waals surface area contributed by atoms with Gasteiger partial charge in [0.05, 0.1) is 29.8 Å². The quantitative estimate of drug-likeness (QED) is 0.393. The van der Waals surface area contributed by atoms with Crippen LogP contribution in [0.3, 0.4) is 0 Å². The maximum atomic E-state index is 12.5. The van der Waals surface area contributed by atoms with E-state index in [1.165, 1.54) is 6.07 Å². The van der Waals surface area contributed by atoms with Crippen LogP contribution in [0.15, 0.2) is 63.1 Å². The molecule has 4 aliphatic rings. The van der Waals surface area contributed by atoms with Crippen LogP contribution in [0.5, 0.6) is 0 Å². The van der Waals surface area contributed by atoms with E-state index in [1.54, 1.807) is 6.26 Å². The smallest absolute Gasteiger partial charge is 0.335 e. The molecule has 4 aliphatic carbocycles. The van der Waals surface area contributed by atoms with Crippen LogP contribution in [-0.4, -0.2) is 38.8 Å². The number of aliphatic hydroxyl groups is 3. The average Bonchev–Trinajstić information content (AvgIpc) is 3.19. The number of fused-ring (bicyclic) bond motifs is 5. The number of benzene rings is 1. The fourth-order valence-corrected chi connectivity index (χ4v) is 9.09. The number of aliphatic hydroxyl groups excluding tert-OH is 1. The van der Waals surface area contributed by atoms with Crippen molar-refractivity contribution in [3.05, 3.63) is 70.3 Å².